The van der Waals surface area contributed by atoms with Crippen molar-refractivity contribution in [2.24, 2.45) is 5.92 Å². The molecule has 1 aliphatic heterocycles. The number of sulfonamides is 1. The van der Waals surface area contributed by atoms with E-state index in [0.29, 0.717) is 16.5 Å². The number of nitrogens with one attached hydrogen (secondary N) is 2. The molecule has 1 aliphatic carbocycles. The lowest BCUT2D eigenvalue weighted by Gasteiger charge is -2.38. The summed E-state index contributed by atoms with van der Waals surface area (Å²) < 4.78 is 29.2. The van der Waals surface area contributed by atoms with E-state index < -0.39 is 10.0 Å². The molecule has 35 heavy (non-hydrogen) atoms. The molecule has 5 heteroatoms. The maximum absolute atomic E-state index is 13.2. The summed E-state index contributed by atoms with van der Waals surface area (Å²) in [5.41, 5.74) is 7.55. The van der Waals surface area contributed by atoms with Gasteiger partial charge in [0.2, 0.25) is 0 Å². The third kappa shape index (κ3) is 4.50. The Kier molecular flexibility index (Phi) is 5.79. The van der Waals surface area contributed by atoms with Crippen molar-refractivity contribution in [1.82, 2.24) is 0 Å². The number of benzene rings is 3. The summed E-state index contributed by atoms with van der Waals surface area (Å²) in [7, 11) is -3.69. The Hall–Kier alpha value is -3.05. The van der Waals surface area contributed by atoms with E-state index in [9.17, 15) is 8.42 Å². The molecular weight excluding hydrogens is 452 g/mol. The van der Waals surface area contributed by atoms with Crippen LogP contribution in [0, 0.1) is 19.8 Å². The summed E-state index contributed by atoms with van der Waals surface area (Å²) in [6, 6.07) is 20.2. The van der Waals surface area contributed by atoms with Gasteiger partial charge in [0.25, 0.3) is 10.0 Å². The molecule has 0 saturated heterocycles. The topological polar surface area (TPSA) is 58.2 Å². The third-order valence-corrected chi connectivity index (χ3v) is 8.92. The SMILES string of the molecule is Cc1ccc(NS(=O)(=O)c2ccc3c(c2)[C@H]2C=CC[C@H]2[C@@H](c2ccc(C(C)(C)C)cc2)N3)cc1C. The van der Waals surface area contributed by atoms with Crippen LogP contribution in [-0.4, -0.2) is 8.42 Å². The maximum Gasteiger partial charge on any atom is 0.261 e. The van der Waals surface area contributed by atoms with Gasteiger partial charge in [0.15, 0.2) is 0 Å². The Morgan fingerprint density at radius 3 is 2.34 bits per heavy atom. The number of aryl methyl sites for hydroxylation is 2. The van der Waals surface area contributed by atoms with Crippen LogP contribution in [0.4, 0.5) is 11.4 Å². The second-order valence-corrected chi connectivity index (χ2v) is 12.7. The van der Waals surface area contributed by atoms with Crippen molar-refractivity contribution in [2.45, 2.75) is 63.3 Å². The molecule has 5 rings (SSSR count). The Morgan fingerprint density at radius 2 is 1.66 bits per heavy atom. The molecule has 1 heterocycles. The van der Waals surface area contributed by atoms with Crippen molar-refractivity contribution in [2.75, 3.05) is 10.0 Å². The Labute approximate surface area is 209 Å². The van der Waals surface area contributed by atoms with Crippen LogP contribution in [0.25, 0.3) is 0 Å². The molecule has 3 aromatic rings. The summed E-state index contributed by atoms with van der Waals surface area (Å²) in [6.45, 7) is 10.7. The van der Waals surface area contributed by atoms with Gasteiger partial charge in [-0.25, -0.2) is 8.42 Å². The number of rotatable bonds is 4. The summed E-state index contributed by atoms with van der Waals surface area (Å²) in [4.78, 5) is 0.295. The highest BCUT2D eigenvalue weighted by Gasteiger charge is 2.38. The molecule has 0 unspecified atom stereocenters. The summed E-state index contributed by atoms with van der Waals surface area (Å²) >= 11 is 0. The first kappa shape index (κ1) is 23.7. The first-order valence-electron chi connectivity index (χ1n) is 12.3. The van der Waals surface area contributed by atoms with Crippen molar-refractivity contribution in [3.05, 3.63) is 101 Å². The van der Waals surface area contributed by atoms with Gasteiger partial charge in [-0.2, -0.15) is 0 Å². The minimum atomic E-state index is -3.69. The van der Waals surface area contributed by atoms with Crippen LogP contribution in [-0.2, 0) is 15.4 Å². The second-order valence-electron chi connectivity index (χ2n) is 11.0. The summed E-state index contributed by atoms with van der Waals surface area (Å²) in [5.74, 6) is 0.545. The molecule has 4 nitrogen and oxygen atoms in total. The number of anilines is 2. The second kappa shape index (κ2) is 8.56. The van der Waals surface area contributed by atoms with Crippen molar-refractivity contribution in [3.63, 3.8) is 0 Å². The first-order valence-corrected chi connectivity index (χ1v) is 13.8. The lowest BCUT2D eigenvalue weighted by Crippen LogP contribution is -2.29. The van der Waals surface area contributed by atoms with Gasteiger partial charge in [-0.1, -0.05) is 63.3 Å². The third-order valence-electron chi connectivity index (χ3n) is 7.54. The van der Waals surface area contributed by atoms with Crippen molar-refractivity contribution < 1.29 is 8.42 Å². The van der Waals surface area contributed by atoms with Crippen molar-refractivity contribution >= 4 is 21.4 Å². The molecule has 0 fully saturated rings. The Balaban J connectivity index is 1.45. The molecular formula is C30H34N2O2S. The van der Waals surface area contributed by atoms with Crippen molar-refractivity contribution in [3.8, 4) is 0 Å². The number of hydrogen-bond donors (Lipinski definition) is 2. The van der Waals surface area contributed by atoms with E-state index in [0.717, 1.165) is 28.8 Å². The predicted octanol–water partition coefficient (Wildman–Crippen LogP) is 7.23. The van der Waals surface area contributed by atoms with Gasteiger partial charge < -0.3 is 5.32 Å². The maximum atomic E-state index is 13.2. The molecule has 0 aromatic heterocycles. The minimum Gasteiger partial charge on any atom is -0.378 e. The van der Waals surface area contributed by atoms with Crippen molar-refractivity contribution in [1.29, 1.82) is 0 Å². The molecule has 3 atom stereocenters. The van der Waals surface area contributed by atoms with Crippen LogP contribution in [0.3, 0.4) is 0 Å². The van der Waals surface area contributed by atoms with Crippen LogP contribution in [0.2, 0.25) is 0 Å². The van der Waals surface area contributed by atoms with Gasteiger partial charge in [-0.3, -0.25) is 4.72 Å². The van der Waals surface area contributed by atoms with E-state index >= 15 is 0 Å². The van der Waals surface area contributed by atoms with E-state index in [1.165, 1.54) is 11.1 Å². The fourth-order valence-corrected chi connectivity index (χ4v) is 6.36. The van der Waals surface area contributed by atoms with Gasteiger partial charge in [-0.05, 0) is 89.8 Å². The average Bonchev–Trinajstić information content (AvgIpc) is 3.30. The number of fused-ring (bicyclic) bond motifs is 3. The van der Waals surface area contributed by atoms with E-state index in [1.807, 2.05) is 44.2 Å². The largest absolute Gasteiger partial charge is 0.378 e. The number of allylic oxidation sites excluding steroid dienone is 2. The highest BCUT2D eigenvalue weighted by Crippen LogP contribution is 2.50. The van der Waals surface area contributed by atoms with E-state index in [-0.39, 0.29) is 17.4 Å². The lowest BCUT2D eigenvalue weighted by molar-refractivity contribution is 0.425. The summed E-state index contributed by atoms with van der Waals surface area (Å²) in [5, 5.41) is 3.73. The number of hydrogen-bond acceptors (Lipinski definition) is 3. The van der Waals surface area contributed by atoms with Crippen LogP contribution < -0.4 is 10.0 Å². The zero-order chi connectivity index (χ0) is 25.0. The fourth-order valence-electron chi connectivity index (χ4n) is 5.28. The average molecular weight is 487 g/mol. The Morgan fingerprint density at radius 1 is 0.914 bits per heavy atom. The van der Waals surface area contributed by atoms with Gasteiger partial charge >= 0.3 is 0 Å². The quantitative estimate of drug-likeness (QED) is 0.383. The highest BCUT2D eigenvalue weighted by molar-refractivity contribution is 7.92. The highest BCUT2D eigenvalue weighted by atomic mass is 32.2. The standard InChI is InChI=1S/C30H34N2O2S/c1-19-9-14-23(17-20(19)2)32-35(33,34)24-15-16-28-27(18-24)25-7-6-8-26(25)29(31-28)21-10-12-22(13-11-21)30(3,4)5/h6-7,9-18,25-26,29,31-32H,8H2,1-5H3/t25-,26+,29+/m0/s1. The van der Waals surface area contributed by atoms with Crippen LogP contribution >= 0.6 is 0 Å². The van der Waals surface area contributed by atoms with Crippen LogP contribution in [0.15, 0.2) is 77.7 Å². The minimum absolute atomic E-state index is 0.121. The summed E-state index contributed by atoms with van der Waals surface area (Å²) in [6.07, 6.45) is 5.45. The monoisotopic (exact) mass is 486 g/mol. The zero-order valence-electron chi connectivity index (χ0n) is 21.1. The molecule has 0 bridgehead atoms. The van der Waals surface area contributed by atoms with E-state index in [2.05, 4.69) is 67.2 Å². The van der Waals surface area contributed by atoms with Gasteiger partial charge in [0.05, 0.1) is 10.9 Å². The van der Waals surface area contributed by atoms with Crippen LogP contribution in [0.1, 0.15) is 67.0 Å². The van der Waals surface area contributed by atoms with Gasteiger partial charge in [0.1, 0.15) is 0 Å². The predicted molar refractivity (Wildman–Crippen MR) is 145 cm³/mol. The molecule has 0 spiro atoms. The molecule has 0 radical (unpaired) electrons. The lowest BCUT2D eigenvalue weighted by atomic mass is 9.76. The normalized spacial score (nSPS) is 21.2. The van der Waals surface area contributed by atoms with E-state index in [1.54, 1.807) is 6.07 Å². The molecule has 2 aliphatic rings. The molecule has 0 amide bonds. The molecule has 3 aromatic carbocycles. The Bertz CT molecular complexity index is 1400. The zero-order valence-corrected chi connectivity index (χ0v) is 21.9. The smallest absolute Gasteiger partial charge is 0.261 e. The first-order chi connectivity index (χ1) is 16.5. The van der Waals surface area contributed by atoms with E-state index in [4.69, 9.17) is 0 Å². The molecule has 182 valence electrons. The van der Waals surface area contributed by atoms with Crippen LogP contribution in [0.5, 0.6) is 0 Å². The molecule has 2 N–H and O–H groups in total. The molecule has 0 saturated carbocycles. The van der Waals surface area contributed by atoms with Gasteiger partial charge in [0, 0.05) is 17.3 Å². The van der Waals surface area contributed by atoms with Gasteiger partial charge in [-0.15, -0.1) is 0 Å². The fraction of sp³-hybridized carbons (Fsp3) is 0.333.